The van der Waals surface area contributed by atoms with E-state index in [1.54, 1.807) is 0 Å². The van der Waals surface area contributed by atoms with Gasteiger partial charge in [0, 0.05) is 23.8 Å². The number of aromatic amines is 1. The summed E-state index contributed by atoms with van der Waals surface area (Å²) in [6, 6.07) is 1.22. The first-order valence-electron chi connectivity index (χ1n) is 5.53. The maximum Gasteiger partial charge on any atom is 0.0535 e. The Kier molecular flexibility index (Phi) is 2.87. The first-order valence-corrected chi connectivity index (χ1v) is 5.53. The van der Waals surface area contributed by atoms with E-state index in [9.17, 15) is 0 Å². The molecule has 0 bridgehead atoms. The lowest BCUT2D eigenvalue weighted by molar-refractivity contribution is 0.112. The van der Waals surface area contributed by atoms with Crippen LogP contribution in [0.2, 0.25) is 0 Å². The van der Waals surface area contributed by atoms with Crippen molar-refractivity contribution in [2.24, 2.45) is 0 Å². The molecule has 14 heavy (non-hydrogen) atoms. The number of aromatic nitrogens is 2. The van der Waals surface area contributed by atoms with Gasteiger partial charge in [-0.1, -0.05) is 6.42 Å². The molecule has 1 aliphatic heterocycles. The summed E-state index contributed by atoms with van der Waals surface area (Å²) in [7, 11) is 0. The molecule has 1 aromatic heterocycles. The summed E-state index contributed by atoms with van der Waals surface area (Å²) in [5.74, 6) is 0. The van der Waals surface area contributed by atoms with Crippen LogP contribution < -0.4 is 0 Å². The second-order valence-corrected chi connectivity index (χ2v) is 4.37. The van der Waals surface area contributed by atoms with Gasteiger partial charge in [0.05, 0.1) is 6.20 Å². The number of hydrogen-bond acceptors (Lipinski definition) is 2. The summed E-state index contributed by atoms with van der Waals surface area (Å²) in [6.07, 6.45) is 7.96. The molecule has 0 aromatic carbocycles. The van der Waals surface area contributed by atoms with Crippen molar-refractivity contribution in [3.63, 3.8) is 0 Å². The molecule has 0 saturated carbocycles. The van der Waals surface area contributed by atoms with Gasteiger partial charge in [-0.25, -0.2) is 0 Å². The molecule has 78 valence electrons. The van der Waals surface area contributed by atoms with Gasteiger partial charge in [0.2, 0.25) is 0 Å². The Hall–Kier alpha value is -0.830. The Morgan fingerprint density at radius 3 is 3.00 bits per heavy atom. The molecular weight excluding hydrogens is 174 g/mol. The molecule has 0 amide bonds. The highest BCUT2D eigenvalue weighted by Gasteiger charge is 2.26. The molecule has 1 fully saturated rings. The van der Waals surface area contributed by atoms with Crippen molar-refractivity contribution in [3.05, 3.63) is 18.0 Å². The number of piperidine rings is 1. The molecule has 0 aliphatic carbocycles. The van der Waals surface area contributed by atoms with Gasteiger partial charge < -0.3 is 0 Å². The Morgan fingerprint density at radius 2 is 2.36 bits per heavy atom. The number of nitrogens with zero attached hydrogens (tertiary/aromatic N) is 2. The highest BCUT2D eigenvalue weighted by atomic mass is 15.2. The Bertz CT molecular complexity index is 266. The van der Waals surface area contributed by atoms with Gasteiger partial charge in [-0.3, -0.25) is 10.00 Å². The third-order valence-electron chi connectivity index (χ3n) is 3.11. The van der Waals surface area contributed by atoms with Crippen LogP contribution in [0.15, 0.2) is 12.4 Å². The minimum Gasteiger partial charge on any atom is -0.294 e. The minimum absolute atomic E-state index is 0.586. The van der Waals surface area contributed by atoms with Crippen LogP contribution in [0.1, 0.15) is 44.7 Å². The van der Waals surface area contributed by atoms with E-state index in [-0.39, 0.29) is 0 Å². The molecule has 1 aromatic rings. The Morgan fingerprint density at radius 1 is 1.50 bits per heavy atom. The van der Waals surface area contributed by atoms with Crippen LogP contribution in [0.3, 0.4) is 0 Å². The molecule has 2 heterocycles. The molecule has 1 N–H and O–H groups in total. The number of H-pyrrole nitrogens is 1. The van der Waals surface area contributed by atoms with Gasteiger partial charge in [0.1, 0.15) is 0 Å². The molecule has 3 nitrogen and oxygen atoms in total. The van der Waals surface area contributed by atoms with Crippen LogP contribution in [0.5, 0.6) is 0 Å². The third kappa shape index (κ3) is 1.82. The van der Waals surface area contributed by atoms with Crippen LogP contribution in [-0.4, -0.2) is 27.7 Å². The minimum atomic E-state index is 0.586. The van der Waals surface area contributed by atoms with E-state index in [1.807, 2.05) is 12.4 Å². The molecule has 1 aliphatic rings. The maximum absolute atomic E-state index is 4.04. The standard InChI is InChI=1S/C11H19N3/c1-9(2)14-6-4-3-5-11(14)10-7-12-13-8-10/h7-9,11H,3-6H2,1-2H3,(H,12,13)/t11-/m0/s1. The van der Waals surface area contributed by atoms with E-state index >= 15 is 0 Å². The summed E-state index contributed by atoms with van der Waals surface area (Å²) in [5.41, 5.74) is 1.35. The van der Waals surface area contributed by atoms with Gasteiger partial charge in [-0.05, 0) is 33.2 Å². The molecule has 0 unspecified atom stereocenters. The number of nitrogens with one attached hydrogen (secondary N) is 1. The average Bonchev–Trinajstić information content (AvgIpc) is 2.70. The number of rotatable bonds is 2. The fourth-order valence-electron chi connectivity index (χ4n) is 2.37. The van der Waals surface area contributed by atoms with Gasteiger partial charge in [0.25, 0.3) is 0 Å². The van der Waals surface area contributed by atoms with E-state index in [2.05, 4.69) is 28.9 Å². The van der Waals surface area contributed by atoms with E-state index in [0.29, 0.717) is 12.1 Å². The van der Waals surface area contributed by atoms with Crippen LogP contribution in [0.4, 0.5) is 0 Å². The third-order valence-corrected chi connectivity index (χ3v) is 3.11. The normalized spacial score (nSPS) is 24.4. The van der Waals surface area contributed by atoms with Gasteiger partial charge in [-0.2, -0.15) is 5.10 Å². The smallest absolute Gasteiger partial charge is 0.0535 e. The van der Waals surface area contributed by atoms with E-state index in [1.165, 1.54) is 31.4 Å². The van der Waals surface area contributed by atoms with Crippen LogP contribution in [-0.2, 0) is 0 Å². The van der Waals surface area contributed by atoms with Crippen LogP contribution in [0.25, 0.3) is 0 Å². The topological polar surface area (TPSA) is 31.9 Å². The highest BCUT2D eigenvalue weighted by Crippen LogP contribution is 2.31. The lowest BCUT2D eigenvalue weighted by atomic mass is 9.96. The number of hydrogen-bond donors (Lipinski definition) is 1. The lowest BCUT2D eigenvalue weighted by Gasteiger charge is -2.38. The Balaban J connectivity index is 2.14. The quantitative estimate of drug-likeness (QED) is 0.781. The van der Waals surface area contributed by atoms with Crippen molar-refractivity contribution in [2.75, 3.05) is 6.54 Å². The van der Waals surface area contributed by atoms with Crippen molar-refractivity contribution in [3.8, 4) is 0 Å². The molecule has 2 rings (SSSR count). The van der Waals surface area contributed by atoms with Crippen molar-refractivity contribution < 1.29 is 0 Å². The first kappa shape index (κ1) is 9.71. The van der Waals surface area contributed by atoms with E-state index in [0.717, 1.165) is 0 Å². The van der Waals surface area contributed by atoms with Crippen molar-refractivity contribution in [1.82, 2.24) is 15.1 Å². The lowest BCUT2D eigenvalue weighted by Crippen LogP contribution is -2.38. The molecular formula is C11H19N3. The zero-order valence-corrected chi connectivity index (χ0v) is 9.03. The molecule has 0 spiro atoms. The van der Waals surface area contributed by atoms with E-state index < -0.39 is 0 Å². The first-order chi connectivity index (χ1) is 6.79. The highest BCUT2D eigenvalue weighted by molar-refractivity contribution is 5.10. The summed E-state index contributed by atoms with van der Waals surface area (Å²) < 4.78 is 0. The summed E-state index contributed by atoms with van der Waals surface area (Å²) in [5, 5.41) is 6.95. The predicted octanol–water partition coefficient (Wildman–Crippen LogP) is 2.35. The summed E-state index contributed by atoms with van der Waals surface area (Å²) >= 11 is 0. The van der Waals surface area contributed by atoms with Crippen LogP contribution in [0, 0.1) is 0 Å². The maximum atomic E-state index is 4.04. The molecule has 3 heteroatoms. The summed E-state index contributed by atoms with van der Waals surface area (Å²) in [4.78, 5) is 2.58. The second-order valence-electron chi connectivity index (χ2n) is 4.37. The second kappa shape index (κ2) is 4.13. The van der Waals surface area contributed by atoms with Gasteiger partial charge in [-0.15, -0.1) is 0 Å². The predicted molar refractivity (Wildman–Crippen MR) is 57.0 cm³/mol. The molecule has 0 radical (unpaired) electrons. The zero-order chi connectivity index (χ0) is 9.97. The fraction of sp³-hybridized carbons (Fsp3) is 0.727. The van der Waals surface area contributed by atoms with Gasteiger partial charge >= 0.3 is 0 Å². The van der Waals surface area contributed by atoms with Crippen molar-refractivity contribution in [2.45, 2.75) is 45.2 Å². The average molecular weight is 193 g/mol. The fourth-order valence-corrected chi connectivity index (χ4v) is 2.37. The largest absolute Gasteiger partial charge is 0.294 e. The van der Waals surface area contributed by atoms with Gasteiger partial charge in [0.15, 0.2) is 0 Å². The van der Waals surface area contributed by atoms with Crippen molar-refractivity contribution in [1.29, 1.82) is 0 Å². The number of likely N-dealkylation sites (tertiary alicyclic amines) is 1. The van der Waals surface area contributed by atoms with Crippen LogP contribution >= 0.6 is 0 Å². The Labute approximate surface area is 85.5 Å². The SMILES string of the molecule is CC(C)N1CCCC[C@H]1c1cn[nH]c1. The van der Waals surface area contributed by atoms with Crippen molar-refractivity contribution >= 4 is 0 Å². The molecule has 1 atom stereocenters. The molecule has 1 saturated heterocycles. The summed E-state index contributed by atoms with van der Waals surface area (Å²) in [6.45, 7) is 5.78. The van der Waals surface area contributed by atoms with E-state index in [4.69, 9.17) is 0 Å². The monoisotopic (exact) mass is 193 g/mol. The zero-order valence-electron chi connectivity index (χ0n) is 9.03.